The van der Waals surface area contributed by atoms with Gasteiger partial charge in [-0.25, -0.2) is 4.39 Å². The van der Waals surface area contributed by atoms with Gasteiger partial charge < -0.3 is 25.2 Å². The van der Waals surface area contributed by atoms with Crippen LogP contribution in [-0.4, -0.2) is 48.3 Å². The van der Waals surface area contributed by atoms with Crippen LogP contribution in [0, 0.1) is 5.82 Å². The minimum absolute atomic E-state index is 0.0271. The summed E-state index contributed by atoms with van der Waals surface area (Å²) in [6, 6.07) is 8.52. The van der Waals surface area contributed by atoms with Crippen molar-refractivity contribution < 1.29 is 28.6 Å². The largest absolute Gasteiger partial charge is 0.484 e. The third-order valence-electron chi connectivity index (χ3n) is 5.44. The van der Waals surface area contributed by atoms with E-state index in [9.17, 15) is 19.1 Å². The molecule has 2 amide bonds. The van der Waals surface area contributed by atoms with E-state index in [0.717, 1.165) is 11.6 Å². The molecule has 0 aromatic heterocycles. The highest BCUT2D eigenvalue weighted by atomic mass is 35.5. The smallest absolute Gasteiger partial charge is 0.261 e. The van der Waals surface area contributed by atoms with Crippen LogP contribution in [0.4, 0.5) is 4.39 Å². The maximum absolute atomic E-state index is 13.4. The average molecular weight is 513 g/mol. The van der Waals surface area contributed by atoms with E-state index in [1.165, 1.54) is 12.1 Å². The van der Waals surface area contributed by atoms with E-state index in [-0.39, 0.29) is 41.8 Å². The standard InChI is InChI=1S/C24H27Cl2FN2O5/c1-14(28-23(31)13-33-18-6-7-19(26)20(27)11-18)2-5-17(12-30)29-24(32)22-8-3-15-10-16(25)4-9-21(15)34-22/h4,6-7,9-11,14,17,22,30H,2-3,5,8,12-13H2,1H3,(H,28,31)(H,29,32)/t14-,17-,22?/m0/s1. The molecule has 0 radical (unpaired) electrons. The van der Waals surface area contributed by atoms with Crippen LogP contribution in [0.3, 0.4) is 0 Å². The molecule has 1 heterocycles. The average Bonchev–Trinajstić information content (AvgIpc) is 2.81. The summed E-state index contributed by atoms with van der Waals surface area (Å²) < 4.78 is 24.5. The fourth-order valence-electron chi connectivity index (χ4n) is 3.60. The highest BCUT2D eigenvalue weighted by Crippen LogP contribution is 2.30. The Morgan fingerprint density at radius 1 is 1.21 bits per heavy atom. The van der Waals surface area contributed by atoms with Crippen LogP contribution in [0.15, 0.2) is 36.4 Å². The van der Waals surface area contributed by atoms with Crippen molar-refractivity contribution in [1.29, 1.82) is 0 Å². The molecular formula is C24H27Cl2FN2O5. The summed E-state index contributed by atoms with van der Waals surface area (Å²) in [5.41, 5.74) is 0.963. The van der Waals surface area contributed by atoms with Crippen molar-refractivity contribution in [3.8, 4) is 11.5 Å². The molecule has 0 bridgehead atoms. The summed E-state index contributed by atoms with van der Waals surface area (Å²) in [6.45, 7) is 1.29. The number of aliphatic hydroxyl groups excluding tert-OH is 1. The Morgan fingerprint density at radius 3 is 2.74 bits per heavy atom. The second-order valence-electron chi connectivity index (χ2n) is 8.20. The number of aliphatic hydroxyl groups is 1. The number of hydrogen-bond acceptors (Lipinski definition) is 5. The Bertz CT molecular complexity index is 1020. The molecule has 1 aliphatic heterocycles. The number of fused-ring (bicyclic) bond motifs is 1. The lowest BCUT2D eigenvalue weighted by Crippen LogP contribution is -2.47. The van der Waals surface area contributed by atoms with Crippen LogP contribution in [-0.2, 0) is 16.0 Å². The Labute approximate surface area is 207 Å². The molecule has 1 unspecified atom stereocenters. The second-order valence-corrected chi connectivity index (χ2v) is 9.04. The van der Waals surface area contributed by atoms with Crippen molar-refractivity contribution >= 4 is 35.0 Å². The number of carbonyl (C=O) groups excluding carboxylic acids is 2. The molecule has 7 nitrogen and oxygen atoms in total. The highest BCUT2D eigenvalue weighted by Gasteiger charge is 2.27. The van der Waals surface area contributed by atoms with E-state index in [2.05, 4.69) is 10.6 Å². The molecule has 184 valence electrons. The van der Waals surface area contributed by atoms with Crippen molar-refractivity contribution in [1.82, 2.24) is 10.6 Å². The number of carbonyl (C=O) groups is 2. The van der Waals surface area contributed by atoms with Crippen molar-refractivity contribution in [2.45, 2.75) is 50.8 Å². The quantitative estimate of drug-likeness (QED) is 0.451. The van der Waals surface area contributed by atoms with E-state index < -0.39 is 18.0 Å². The van der Waals surface area contributed by atoms with E-state index in [4.69, 9.17) is 32.7 Å². The lowest BCUT2D eigenvalue weighted by Gasteiger charge is -2.27. The lowest BCUT2D eigenvalue weighted by atomic mass is 10.0. The zero-order valence-electron chi connectivity index (χ0n) is 18.7. The van der Waals surface area contributed by atoms with Gasteiger partial charge in [0.25, 0.3) is 11.8 Å². The number of nitrogens with one attached hydrogen (secondary N) is 2. The number of ether oxygens (including phenoxy) is 2. The molecule has 0 saturated heterocycles. The van der Waals surface area contributed by atoms with Crippen molar-refractivity contribution in [2.24, 2.45) is 0 Å². The Morgan fingerprint density at radius 2 is 2.00 bits per heavy atom. The number of rotatable bonds is 10. The third kappa shape index (κ3) is 7.48. The van der Waals surface area contributed by atoms with Gasteiger partial charge in [-0.15, -0.1) is 0 Å². The fourth-order valence-corrected chi connectivity index (χ4v) is 3.91. The zero-order valence-corrected chi connectivity index (χ0v) is 20.2. The molecule has 0 fully saturated rings. The monoisotopic (exact) mass is 512 g/mol. The highest BCUT2D eigenvalue weighted by molar-refractivity contribution is 6.31. The maximum Gasteiger partial charge on any atom is 0.261 e. The molecule has 2 aromatic rings. The minimum atomic E-state index is -0.644. The predicted molar refractivity (Wildman–Crippen MR) is 127 cm³/mol. The zero-order chi connectivity index (χ0) is 24.7. The van der Waals surface area contributed by atoms with Gasteiger partial charge in [0, 0.05) is 17.1 Å². The predicted octanol–water partition coefficient (Wildman–Crippen LogP) is 3.67. The second kappa shape index (κ2) is 12.2. The number of aryl methyl sites for hydroxylation is 1. The van der Waals surface area contributed by atoms with Crippen molar-refractivity contribution in [3.05, 3.63) is 57.8 Å². The lowest BCUT2D eigenvalue weighted by molar-refractivity contribution is -0.130. The Kier molecular flexibility index (Phi) is 9.38. The van der Waals surface area contributed by atoms with Gasteiger partial charge in [0.2, 0.25) is 0 Å². The van der Waals surface area contributed by atoms with Crippen LogP contribution in [0.1, 0.15) is 31.7 Å². The third-order valence-corrected chi connectivity index (χ3v) is 5.98. The Balaban J connectivity index is 1.40. The van der Waals surface area contributed by atoms with Crippen molar-refractivity contribution in [3.63, 3.8) is 0 Å². The van der Waals surface area contributed by atoms with Gasteiger partial charge in [-0.05, 0) is 68.5 Å². The number of halogens is 3. The molecule has 0 spiro atoms. The van der Waals surface area contributed by atoms with Gasteiger partial charge in [-0.1, -0.05) is 23.2 Å². The van der Waals surface area contributed by atoms with E-state index >= 15 is 0 Å². The molecule has 3 rings (SSSR count). The maximum atomic E-state index is 13.4. The molecule has 1 aliphatic rings. The van der Waals surface area contributed by atoms with Gasteiger partial charge in [-0.3, -0.25) is 9.59 Å². The van der Waals surface area contributed by atoms with Crippen LogP contribution < -0.4 is 20.1 Å². The molecular weight excluding hydrogens is 486 g/mol. The van der Waals surface area contributed by atoms with Gasteiger partial charge in [-0.2, -0.15) is 0 Å². The van der Waals surface area contributed by atoms with E-state index in [1.54, 1.807) is 12.1 Å². The first-order valence-corrected chi connectivity index (χ1v) is 11.7. The molecule has 0 aliphatic carbocycles. The molecule has 2 aromatic carbocycles. The summed E-state index contributed by atoms with van der Waals surface area (Å²) in [7, 11) is 0. The fraction of sp³-hybridized carbons (Fsp3) is 0.417. The molecule has 0 saturated carbocycles. The molecule has 10 heteroatoms. The number of amides is 2. The summed E-state index contributed by atoms with van der Waals surface area (Å²) in [6.07, 6.45) is 1.51. The summed E-state index contributed by atoms with van der Waals surface area (Å²) in [5, 5.41) is 15.9. The van der Waals surface area contributed by atoms with Crippen LogP contribution in [0.25, 0.3) is 0 Å². The minimum Gasteiger partial charge on any atom is -0.484 e. The first kappa shape index (κ1) is 26.1. The van der Waals surface area contributed by atoms with Crippen LogP contribution >= 0.6 is 23.2 Å². The first-order valence-electron chi connectivity index (χ1n) is 11.0. The van der Waals surface area contributed by atoms with E-state index in [1.807, 2.05) is 13.0 Å². The van der Waals surface area contributed by atoms with Crippen molar-refractivity contribution in [2.75, 3.05) is 13.2 Å². The first-order chi connectivity index (χ1) is 16.2. The van der Waals surface area contributed by atoms with Gasteiger partial charge in [0.15, 0.2) is 12.7 Å². The molecule has 34 heavy (non-hydrogen) atoms. The number of benzene rings is 2. The molecule has 3 atom stereocenters. The topological polar surface area (TPSA) is 96.9 Å². The SMILES string of the molecule is C[C@@H](CC[C@@H](CO)NC(=O)C1CCc2cc(Cl)ccc2O1)NC(=O)COc1ccc(Cl)c(F)c1. The van der Waals surface area contributed by atoms with Gasteiger partial charge >= 0.3 is 0 Å². The van der Waals surface area contributed by atoms with Crippen LogP contribution in [0.5, 0.6) is 11.5 Å². The normalized spacial score (nSPS) is 16.6. The summed E-state index contributed by atoms with van der Waals surface area (Å²) >= 11 is 11.6. The van der Waals surface area contributed by atoms with E-state index in [0.29, 0.717) is 36.5 Å². The van der Waals surface area contributed by atoms with Gasteiger partial charge in [0.05, 0.1) is 17.7 Å². The molecule has 3 N–H and O–H groups in total. The van der Waals surface area contributed by atoms with Crippen LogP contribution in [0.2, 0.25) is 10.0 Å². The Hall–Kier alpha value is -2.55. The number of hydrogen-bond donors (Lipinski definition) is 3. The summed E-state index contributed by atoms with van der Waals surface area (Å²) in [4.78, 5) is 24.7. The summed E-state index contributed by atoms with van der Waals surface area (Å²) in [5.74, 6) is -0.460. The van der Waals surface area contributed by atoms with Gasteiger partial charge in [0.1, 0.15) is 17.3 Å².